The molecule has 0 bridgehead atoms. The van der Waals surface area contributed by atoms with Gasteiger partial charge >= 0.3 is 0 Å². The van der Waals surface area contributed by atoms with E-state index in [2.05, 4.69) is 26.5 Å². The van der Waals surface area contributed by atoms with E-state index in [0.29, 0.717) is 35.3 Å². The number of aliphatic hydroxyl groups is 1. The van der Waals surface area contributed by atoms with Crippen molar-refractivity contribution >= 4 is 11.7 Å². The fraction of sp³-hybridized carbons (Fsp3) is 0.538. The zero-order chi connectivity index (χ0) is 24.6. The normalized spacial score (nSPS) is 20.7. The standard InChI is InChI=1S/C26H33N5O4/c1-2-34-24-15-22(6-3-19(24)16-27)35-21-7-4-20(5-8-21)28-26(33)23-9-10-25(30-29-23)31-13-11-18(17-32)12-14-31/h3,6,9-10,15,18,20-21,32H,2,4-5,7-8,11-14,17H2,1H3,(H,28,33)/t20-,21-. The van der Waals surface area contributed by atoms with E-state index >= 15 is 0 Å². The molecule has 0 radical (unpaired) electrons. The molecule has 2 aliphatic rings. The van der Waals surface area contributed by atoms with Gasteiger partial charge in [0.2, 0.25) is 0 Å². The summed E-state index contributed by atoms with van der Waals surface area (Å²) < 4.78 is 11.7. The number of carbonyl (C=O) groups excluding carboxylic acids is 1. The summed E-state index contributed by atoms with van der Waals surface area (Å²) in [5.41, 5.74) is 0.812. The van der Waals surface area contributed by atoms with Gasteiger partial charge in [-0.15, -0.1) is 10.2 Å². The molecule has 1 amide bonds. The van der Waals surface area contributed by atoms with Gasteiger partial charge in [0.1, 0.15) is 17.6 Å². The number of nitriles is 1. The molecule has 186 valence electrons. The van der Waals surface area contributed by atoms with E-state index in [1.54, 1.807) is 24.3 Å². The van der Waals surface area contributed by atoms with Gasteiger partial charge in [-0.25, -0.2) is 0 Å². The molecule has 9 heteroatoms. The summed E-state index contributed by atoms with van der Waals surface area (Å²) in [7, 11) is 0. The second kappa shape index (κ2) is 11.8. The number of rotatable bonds is 8. The summed E-state index contributed by atoms with van der Waals surface area (Å²) >= 11 is 0. The average Bonchev–Trinajstić information content (AvgIpc) is 2.90. The lowest BCUT2D eigenvalue weighted by molar-refractivity contribution is 0.0887. The van der Waals surface area contributed by atoms with Crippen LogP contribution in [0.5, 0.6) is 11.5 Å². The molecule has 4 rings (SSSR count). The number of aromatic nitrogens is 2. The van der Waals surface area contributed by atoms with E-state index in [9.17, 15) is 15.2 Å². The minimum Gasteiger partial charge on any atom is -0.492 e. The first-order valence-corrected chi connectivity index (χ1v) is 12.4. The molecule has 2 N–H and O–H groups in total. The maximum atomic E-state index is 12.7. The summed E-state index contributed by atoms with van der Waals surface area (Å²) in [4.78, 5) is 14.8. The average molecular weight is 480 g/mol. The first-order valence-electron chi connectivity index (χ1n) is 12.4. The number of nitrogens with zero attached hydrogens (tertiary/aromatic N) is 4. The zero-order valence-corrected chi connectivity index (χ0v) is 20.2. The Balaban J connectivity index is 1.24. The molecule has 1 aliphatic carbocycles. The minimum absolute atomic E-state index is 0.0552. The van der Waals surface area contributed by atoms with Gasteiger partial charge in [0, 0.05) is 31.8 Å². The summed E-state index contributed by atoms with van der Waals surface area (Å²) in [6.45, 7) is 4.28. The molecule has 0 unspecified atom stereocenters. The predicted octanol–water partition coefficient (Wildman–Crippen LogP) is 3.08. The lowest BCUT2D eigenvalue weighted by atomic mass is 9.92. The molecule has 1 saturated heterocycles. The monoisotopic (exact) mass is 479 g/mol. The van der Waals surface area contributed by atoms with Crippen LogP contribution in [0.15, 0.2) is 30.3 Å². The summed E-state index contributed by atoms with van der Waals surface area (Å²) in [6.07, 6.45) is 5.20. The van der Waals surface area contributed by atoms with Crippen LogP contribution in [-0.2, 0) is 0 Å². The van der Waals surface area contributed by atoms with E-state index in [1.807, 2.05) is 13.0 Å². The van der Waals surface area contributed by atoms with Crippen molar-refractivity contribution in [1.29, 1.82) is 5.26 Å². The molecular weight excluding hydrogens is 446 g/mol. The Hall–Kier alpha value is -3.38. The van der Waals surface area contributed by atoms with Crippen molar-refractivity contribution < 1.29 is 19.4 Å². The molecule has 2 heterocycles. The Morgan fingerprint density at radius 2 is 1.91 bits per heavy atom. The number of piperidine rings is 1. The van der Waals surface area contributed by atoms with E-state index in [0.717, 1.165) is 57.4 Å². The Morgan fingerprint density at radius 1 is 1.14 bits per heavy atom. The van der Waals surface area contributed by atoms with Crippen molar-refractivity contribution in [2.24, 2.45) is 5.92 Å². The lowest BCUT2D eigenvalue weighted by Crippen LogP contribution is -2.40. The number of nitrogens with one attached hydrogen (secondary N) is 1. The highest BCUT2D eigenvalue weighted by molar-refractivity contribution is 5.92. The smallest absolute Gasteiger partial charge is 0.272 e. The number of hydrogen-bond acceptors (Lipinski definition) is 8. The first-order chi connectivity index (χ1) is 17.1. The molecule has 0 atom stereocenters. The Morgan fingerprint density at radius 3 is 2.54 bits per heavy atom. The molecule has 0 spiro atoms. The second-order valence-electron chi connectivity index (χ2n) is 9.16. The van der Waals surface area contributed by atoms with Crippen molar-refractivity contribution in [3.63, 3.8) is 0 Å². The lowest BCUT2D eigenvalue weighted by Gasteiger charge is -2.31. The van der Waals surface area contributed by atoms with Crippen molar-refractivity contribution in [2.45, 2.75) is 57.6 Å². The highest BCUT2D eigenvalue weighted by Crippen LogP contribution is 2.29. The first kappa shape index (κ1) is 24.7. The molecule has 1 saturated carbocycles. The van der Waals surface area contributed by atoms with Crippen molar-refractivity contribution in [1.82, 2.24) is 15.5 Å². The van der Waals surface area contributed by atoms with Gasteiger partial charge in [0.05, 0.1) is 18.3 Å². The summed E-state index contributed by atoms with van der Waals surface area (Å²) in [6, 6.07) is 11.1. The third kappa shape index (κ3) is 6.40. The van der Waals surface area contributed by atoms with Crippen LogP contribution in [0.1, 0.15) is 61.5 Å². The van der Waals surface area contributed by atoms with E-state index in [-0.39, 0.29) is 24.7 Å². The Kier molecular flexibility index (Phi) is 8.37. The van der Waals surface area contributed by atoms with Gasteiger partial charge in [-0.05, 0) is 75.6 Å². The third-order valence-corrected chi connectivity index (χ3v) is 6.77. The molecule has 2 aromatic rings. The van der Waals surface area contributed by atoms with Crippen LogP contribution in [0, 0.1) is 17.2 Å². The van der Waals surface area contributed by atoms with Crippen LogP contribution in [0.3, 0.4) is 0 Å². The Labute approximate surface area is 206 Å². The molecule has 1 aliphatic heterocycles. The predicted molar refractivity (Wildman–Crippen MR) is 131 cm³/mol. The summed E-state index contributed by atoms with van der Waals surface area (Å²) in [5, 5.41) is 30.0. The molecule has 1 aromatic heterocycles. The fourth-order valence-corrected chi connectivity index (χ4v) is 4.68. The molecule has 35 heavy (non-hydrogen) atoms. The molecule has 9 nitrogen and oxygen atoms in total. The third-order valence-electron chi connectivity index (χ3n) is 6.77. The molecule has 2 fully saturated rings. The second-order valence-corrected chi connectivity index (χ2v) is 9.16. The van der Waals surface area contributed by atoms with Gasteiger partial charge in [-0.1, -0.05) is 0 Å². The number of carbonyl (C=O) groups is 1. The van der Waals surface area contributed by atoms with E-state index in [1.165, 1.54) is 0 Å². The van der Waals surface area contributed by atoms with Gasteiger partial charge < -0.3 is 24.8 Å². The zero-order valence-electron chi connectivity index (χ0n) is 20.2. The SMILES string of the molecule is CCOc1cc(O[C@H]2CC[C@H](NC(=O)c3ccc(N4CCC(CO)CC4)nn3)CC2)ccc1C#N. The molecular formula is C26H33N5O4. The van der Waals surface area contributed by atoms with Crippen LogP contribution in [0.25, 0.3) is 0 Å². The van der Waals surface area contributed by atoms with Crippen LogP contribution < -0.4 is 19.7 Å². The van der Waals surface area contributed by atoms with Crippen LogP contribution in [0.4, 0.5) is 5.82 Å². The number of aliphatic hydroxyl groups excluding tert-OH is 1. The topological polar surface area (TPSA) is 121 Å². The van der Waals surface area contributed by atoms with E-state index < -0.39 is 0 Å². The maximum Gasteiger partial charge on any atom is 0.272 e. The van der Waals surface area contributed by atoms with Crippen molar-refractivity contribution in [3.8, 4) is 17.6 Å². The number of amides is 1. The van der Waals surface area contributed by atoms with Gasteiger partial charge in [-0.3, -0.25) is 4.79 Å². The molecule has 1 aromatic carbocycles. The van der Waals surface area contributed by atoms with Gasteiger partial charge in [0.15, 0.2) is 11.5 Å². The van der Waals surface area contributed by atoms with Crippen LogP contribution in [0.2, 0.25) is 0 Å². The van der Waals surface area contributed by atoms with Crippen molar-refractivity contribution in [2.75, 3.05) is 31.2 Å². The number of ether oxygens (including phenoxy) is 2. The van der Waals surface area contributed by atoms with Crippen LogP contribution in [-0.4, -0.2) is 59.7 Å². The van der Waals surface area contributed by atoms with Crippen molar-refractivity contribution in [3.05, 3.63) is 41.6 Å². The highest BCUT2D eigenvalue weighted by atomic mass is 16.5. The highest BCUT2D eigenvalue weighted by Gasteiger charge is 2.25. The fourth-order valence-electron chi connectivity index (χ4n) is 4.68. The maximum absolute atomic E-state index is 12.7. The van der Waals surface area contributed by atoms with Crippen LogP contribution >= 0.6 is 0 Å². The number of anilines is 1. The van der Waals surface area contributed by atoms with Gasteiger partial charge in [0.25, 0.3) is 5.91 Å². The number of benzene rings is 1. The minimum atomic E-state index is -0.208. The summed E-state index contributed by atoms with van der Waals surface area (Å²) in [5.74, 6) is 2.15. The quantitative estimate of drug-likeness (QED) is 0.593. The largest absolute Gasteiger partial charge is 0.492 e. The van der Waals surface area contributed by atoms with E-state index in [4.69, 9.17) is 9.47 Å². The Bertz CT molecular complexity index is 1020. The van der Waals surface area contributed by atoms with Gasteiger partial charge in [-0.2, -0.15) is 5.26 Å². The number of hydrogen-bond donors (Lipinski definition) is 2.